The standard InChI is InChI=1S/C86H54N2S2/c1-3-21-65-55(17-1)19-13-29-67(65)57-37-45-61(46-38-57)87(63-49-41-59(42-50-63)69-31-15-33-77-75-27-9-11-35-83(75)89-85(69)77)81-53-79-72-24-6-8-26-74(72)82(54-80(79)71-23-5-7-25-73(71)81)88(62-47-39-58(40-48-62)68-30-14-20-56-18-2-4-22-66(56)68)64-51-43-60(44-52-64)70-32-16-34-78-76-28-10-12-36-84(76)90-86(70)78/h1-54H. The molecule has 0 atom stereocenters. The normalized spacial score (nSPS) is 11.8. The molecule has 0 fully saturated rings. The van der Waals surface area contributed by atoms with Crippen LogP contribution in [0.2, 0.25) is 0 Å². The molecule has 2 heterocycles. The number of nitrogens with zero attached hydrogens (tertiary/aromatic N) is 2. The molecule has 0 spiro atoms. The van der Waals surface area contributed by atoms with Crippen LogP contribution in [0.3, 0.4) is 0 Å². The molecule has 0 radical (unpaired) electrons. The Labute approximate surface area is 529 Å². The third kappa shape index (κ3) is 8.59. The number of hydrogen-bond acceptors (Lipinski definition) is 4. The Morgan fingerprint density at radius 3 is 0.856 bits per heavy atom. The van der Waals surface area contributed by atoms with Gasteiger partial charge in [-0.25, -0.2) is 0 Å². The van der Waals surface area contributed by atoms with E-state index in [1.54, 1.807) is 0 Å². The van der Waals surface area contributed by atoms with Gasteiger partial charge in [0, 0.05) is 73.9 Å². The van der Waals surface area contributed by atoms with E-state index >= 15 is 0 Å². The van der Waals surface area contributed by atoms with E-state index in [9.17, 15) is 0 Å². The molecular formula is C86H54N2S2. The Morgan fingerprint density at radius 2 is 0.467 bits per heavy atom. The van der Waals surface area contributed by atoms with Gasteiger partial charge in [-0.15, -0.1) is 22.7 Å². The largest absolute Gasteiger partial charge is 0.310 e. The fraction of sp³-hybridized carbons (Fsp3) is 0. The van der Waals surface area contributed by atoms with Gasteiger partial charge in [0.25, 0.3) is 0 Å². The second-order valence-electron chi connectivity index (χ2n) is 23.5. The van der Waals surface area contributed by atoms with Gasteiger partial charge in [-0.1, -0.05) is 255 Å². The van der Waals surface area contributed by atoms with E-state index in [4.69, 9.17) is 0 Å². The van der Waals surface area contributed by atoms with E-state index in [2.05, 4.69) is 337 Å². The predicted molar refractivity (Wildman–Crippen MR) is 391 cm³/mol. The van der Waals surface area contributed by atoms with Crippen molar-refractivity contribution < 1.29 is 0 Å². The maximum Gasteiger partial charge on any atom is 0.0546 e. The molecule has 2 aromatic heterocycles. The van der Waals surface area contributed by atoms with Crippen LogP contribution in [-0.4, -0.2) is 0 Å². The van der Waals surface area contributed by atoms with Crippen molar-refractivity contribution in [1.82, 2.24) is 0 Å². The molecule has 0 saturated heterocycles. The smallest absolute Gasteiger partial charge is 0.0546 e. The van der Waals surface area contributed by atoms with E-state index in [0.717, 1.165) is 44.9 Å². The summed E-state index contributed by atoms with van der Waals surface area (Å²) in [6.45, 7) is 0. The summed E-state index contributed by atoms with van der Waals surface area (Å²) in [7, 11) is 0. The first-order valence-electron chi connectivity index (χ1n) is 30.8. The van der Waals surface area contributed by atoms with Gasteiger partial charge < -0.3 is 9.80 Å². The first kappa shape index (κ1) is 52.0. The molecule has 18 rings (SSSR count). The van der Waals surface area contributed by atoms with Crippen molar-refractivity contribution in [3.63, 3.8) is 0 Å². The van der Waals surface area contributed by atoms with E-state index in [1.165, 1.54) is 128 Å². The molecule has 420 valence electrons. The number of rotatable bonds is 10. The van der Waals surface area contributed by atoms with Gasteiger partial charge >= 0.3 is 0 Å². The average molecular weight is 1180 g/mol. The molecule has 0 amide bonds. The zero-order valence-corrected chi connectivity index (χ0v) is 50.5. The summed E-state index contributed by atoms with van der Waals surface area (Å²) in [5.74, 6) is 0. The zero-order valence-electron chi connectivity index (χ0n) is 48.9. The molecule has 0 aliphatic rings. The van der Waals surface area contributed by atoms with E-state index in [1.807, 2.05) is 22.7 Å². The summed E-state index contributed by atoms with van der Waals surface area (Å²) in [4.78, 5) is 4.96. The third-order valence-electron chi connectivity index (χ3n) is 18.5. The van der Waals surface area contributed by atoms with Crippen LogP contribution >= 0.6 is 22.7 Å². The first-order chi connectivity index (χ1) is 44.6. The highest BCUT2D eigenvalue weighted by molar-refractivity contribution is 7.26. The lowest BCUT2D eigenvalue weighted by atomic mass is 9.93. The monoisotopic (exact) mass is 1180 g/mol. The van der Waals surface area contributed by atoms with Crippen molar-refractivity contribution in [2.24, 2.45) is 0 Å². The average Bonchev–Trinajstić information content (AvgIpc) is 1.19. The number of hydrogen-bond donors (Lipinski definition) is 0. The van der Waals surface area contributed by atoms with Gasteiger partial charge in [0.2, 0.25) is 0 Å². The zero-order chi connectivity index (χ0) is 59.2. The Balaban J connectivity index is 0.821. The Morgan fingerprint density at radius 1 is 0.189 bits per heavy atom. The first-order valence-corrected chi connectivity index (χ1v) is 32.4. The van der Waals surface area contributed by atoms with E-state index in [-0.39, 0.29) is 0 Å². The van der Waals surface area contributed by atoms with Gasteiger partial charge in [-0.2, -0.15) is 0 Å². The summed E-state index contributed by atoms with van der Waals surface area (Å²) in [5.41, 5.74) is 16.2. The van der Waals surface area contributed by atoms with Crippen LogP contribution in [0.25, 0.3) is 139 Å². The topological polar surface area (TPSA) is 6.48 Å². The van der Waals surface area contributed by atoms with Crippen molar-refractivity contribution in [3.8, 4) is 44.5 Å². The van der Waals surface area contributed by atoms with Crippen molar-refractivity contribution in [1.29, 1.82) is 0 Å². The number of anilines is 6. The number of benzene rings is 16. The van der Waals surface area contributed by atoms with Crippen LogP contribution < -0.4 is 9.80 Å². The molecule has 4 heteroatoms. The highest BCUT2D eigenvalue weighted by Crippen LogP contribution is 2.50. The summed E-state index contributed by atoms with van der Waals surface area (Å²) in [6.07, 6.45) is 0. The van der Waals surface area contributed by atoms with Gasteiger partial charge in [0.1, 0.15) is 0 Å². The highest BCUT2D eigenvalue weighted by Gasteiger charge is 2.24. The SMILES string of the molecule is c1ccc2c(-c3ccc(N(c4ccc(-c5cccc6c5sc5ccccc56)cc4)c4cc5c6ccccc6c(N(c6ccc(-c7cccc8ccccc78)cc6)c6ccc(-c7cccc8c7sc7ccccc78)cc6)cc5c5ccccc45)cc3)cccc2c1. The molecule has 0 bridgehead atoms. The molecule has 0 N–H and O–H groups in total. The Bertz CT molecular complexity index is 5470. The van der Waals surface area contributed by atoms with Crippen LogP contribution in [0.15, 0.2) is 328 Å². The minimum Gasteiger partial charge on any atom is -0.310 e. The molecule has 0 unspecified atom stereocenters. The van der Waals surface area contributed by atoms with Gasteiger partial charge in [0.15, 0.2) is 0 Å². The van der Waals surface area contributed by atoms with Gasteiger partial charge in [-0.05, 0) is 160 Å². The number of fused-ring (bicyclic) bond motifs is 13. The maximum atomic E-state index is 2.48. The number of thiophene rings is 2. The van der Waals surface area contributed by atoms with E-state index in [0.29, 0.717) is 0 Å². The predicted octanol–water partition coefficient (Wildman–Crippen LogP) is 25.8. The van der Waals surface area contributed by atoms with Crippen LogP contribution in [0.5, 0.6) is 0 Å². The molecule has 2 nitrogen and oxygen atoms in total. The Hall–Kier alpha value is -11.1. The van der Waals surface area contributed by atoms with Crippen LogP contribution in [-0.2, 0) is 0 Å². The fourth-order valence-electron chi connectivity index (χ4n) is 14.2. The van der Waals surface area contributed by atoms with E-state index < -0.39 is 0 Å². The summed E-state index contributed by atoms with van der Waals surface area (Å²) >= 11 is 3.76. The minimum absolute atomic E-state index is 1.08. The highest BCUT2D eigenvalue weighted by atomic mass is 32.1. The lowest BCUT2D eigenvalue weighted by Crippen LogP contribution is -2.12. The van der Waals surface area contributed by atoms with Crippen molar-refractivity contribution in [2.75, 3.05) is 9.80 Å². The molecule has 0 aliphatic heterocycles. The third-order valence-corrected chi connectivity index (χ3v) is 20.9. The Kier molecular flexibility index (Phi) is 12.3. The molecule has 0 saturated carbocycles. The summed E-state index contributed by atoms with van der Waals surface area (Å²) in [6, 6.07) is 122. The van der Waals surface area contributed by atoms with Crippen molar-refractivity contribution in [2.45, 2.75) is 0 Å². The summed E-state index contributed by atoms with van der Waals surface area (Å²) < 4.78 is 5.24. The van der Waals surface area contributed by atoms with Gasteiger partial charge in [-0.3, -0.25) is 0 Å². The molecular weight excluding hydrogens is 1130 g/mol. The molecule has 90 heavy (non-hydrogen) atoms. The lowest BCUT2D eigenvalue weighted by molar-refractivity contribution is 1.30. The second kappa shape index (κ2) is 21.3. The van der Waals surface area contributed by atoms with Gasteiger partial charge in [0.05, 0.1) is 11.4 Å². The minimum atomic E-state index is 1.08. The lowest BCUT2D eigenvalue weighted by Gasteiger charge is -2.30. The molecule has 0 aliphatic carbocycles. The molecule has 16 aromatic carbocycles. The van der Waals surface area contributed by atoms with Crippen LogP contribution in [0.1, 0.15) is 0 Å². The van der Waals surface area contributed by atoms with Crippen LogP contribution in [0.4, 0.5) is 34.1 Å². The van der Waals surface area contributed by atoms with Crippen molar-refractivity contribution >= 4 is 151 Å². The van der Waals surface area contributed by atoms with Crippen LogP contribution in [0, 0.1) is 0 Å². The van der Waals surface area contributed by atoms with Crippen molar-refractivity contribution in [3.05, 3.63) is 328 Å². The quantitative estimate of drug-likeness (QED) is 0.126. The maximum absolute atomic E-state index is 2.48. The second-order valence-corrected chi connectivity index (χ2v) is 25.6. The molecule has 18 aromatic rings. The fourth-order valence-corrected chi connectivity index (χ4v) is 16.7. The summed E-state index contributed by atoms with van der Waals surface area (Å²) in [5, 5.41) is 17.2.